The maximum Gasteiger partial charge on any atom is 0.0196 e. The molecule has 0 aromatic heterocycles. The average Bonchev–Trinajstić information content (AvgIpc) is 2.77. The fraction of sp³-hybridized carbons (Fsp3) is 0.571. The van der Waals surface area contributed by atoms with Crippen molar-refractivity contribution in [1.29, 1.82) is 0 Å². The van der Waals surface area contributed by atoms with Crippen LogP contribution in [0.3, 0.4) is 0 Å². The molecule has 1 fully saturated rings. The Morgan fingerprint density at radius 2 is 1.93 bits per heavy atom. The standard InChI is InChI=1S/C14H19N/c1-10-5-6-11(9-14(15)7-8-14)13-4-2-3-12(10)13/h5-6H,2-4,7-9,15H2,1H3. The van der Waals surface area contributed by atoms with E-state index in [9.17, 15) is 0 Å². The van der Waals surface area contributed by atoms with Gasteiger partial charge in [0.2, 0.25) is 0 Å². The molecule has 1 aromatic rings. The van der Waals surface area contributed by atoms with Crippen molar-refractivity contribution >= 4 is 0 Å². The van der Waals surface area contributed by atoms with E-state index in [0.717, 1.165) is 6.42 Å². The highest BCUT2D eigenvalue weighted by atomic mass is 14.8. The molecule has 3 rings (SSSR count). The number of hydrogen-bond acceptors (Lipinski definition) is 1. The Balaban J connectivity index is 1.98. The van der Waals surface area contributed by atoms with Gasteiger partial charge in [0, 0.05) is 5.54 Å². The van der Waals surface area contributed by atoms with Gasteiger partial charge in [-0.05, 0) is 67.7 Å². The van der Waals surface area contributed by atoms with Crippen LogP contribution in [0.15, 0.2) is 12.1 Å². The third-order valence-corrected chi connectivity index (χ3v) is 4.05. The zero-order valence-corrected chi connectivity index (χ0v) is 9.47. The molecular weight excluding hydrogens is 182 g/mol. The van der Waals surface area contributed by atoms with Crippen molar-refractivity contribution in [3.63, 3.8) is 0 Å². The second-order valence-corrected chi connectivity index (χ2v) is 5.39. The van der Waals surface area contributed by atoms with Gasteiger partial charge in [0.15, 0.2) is 0 Å². The van der Waals surface area contributed by atoms with E-state index in [1.165, 1.54) is 43.2 Å². The number of aryl methyl sites for hydroxylation is 1. The minimum absolute atomic E-state index is 0.158. The predicted molar refractivity (Wildman–Crippen MR) is 63.1 cm³/mol. The molecule has 0 spiro atoms. The number of benzene rings is 1. The van der Waals surface area contributed by atoms with Crippen molar-refractivity contribution in [2.24, 2.45) is 5.73 Å². The van der Waals surface area contributed by atoms with Crippen molar-refractivity contribution in [3.8, 4) is 0 Å². The predicted octanol–water partition coefficient (Wildman–Crippen LogP) is 2.52. The summed E-state index contributed by atoms with van der Waals surface area (Å²) in [4.78, 5) is 0. The summed E-state index contributed by atoms with van der Waals surface area (Å²) in [5, 5.41) is 0. The van der Waals surface area contributed by atoms with Crippen LogP contribution >= 0.6 is 0 Å². The van der Waals surface area contributed by atoms with Crippen LogP contribution in [-0.2, 0) is 19.3 Å². The summed E-state index contributed by atoms with van der Waals surface area (Å²) in [5.41, 5.74) is 12.6. The smallest absolute Gasteiger partial charge is 0.0196 e. The average molecular weight is 201 g/mol. The zero-order chi connectivity index (χ0) is 10.5. The molecule has 1 aromatic carbocycles. The molecule has 2 aliphatic carbocycles. The highest BCUT2D eigenvalue weighted by Gasteiger charge is 2.38. The highest BCUT2D eigenvalue weighted by molar-refractivity contribution is 5.44. The van der Waals surface area contributed by atoms with Crippen LogP contribution in [0, 0.1) is 6.92 Å². The van der Waals surface area contributed by atoms with Gasteiger partial charge in [-0.2, -0.15) is 0 Å². The monoisotopic (exact) mass is 201 g/mol. The van der Waals surface area contributed by atoms with Crippen molar-refractivity contribution in [2.75, 3.05) is 0 Å². The van der Waals surface area contributed by atoms with Crippen LogP contribution in [0.2, 0.25) is 0 Å². The number of hydrogen-bond donors (Lipinski definition) is 1. The molecule has 0 unspecified atom stereocenters. The van der Waals surface area contributed by atoms with E-state index in [1.807, 2.05) is 0 Å². The minimum Gasteiger partial charge on any atom is -0.325 e. The van der Waals surface area contributed by atoms with E-state index in [2.05, 4.69) is 19.1 Å². The number of fused-ring (bicyclic) bond motifs is 1. The molecule has 0 aliphatic heterocycles. The maximum atomic E-state index is 6.21. The Morgan fingerprint density at radius 1 is 1.20 bits per heavy atom. The number of nitrogens with two attached hydrogens (primary N) is 1. The van der Waals surface area contributed by atoms with Crippen LogP contribution in [0.25, 0.3) is 0 Å². The SMILES string of the molecule is Cc1ccc(CC2(N)CC2)c2c1CCC2. The van der Waals surface area contributed by atoms with Gasteiger partial charge in [-0.25, -0.2) is 0 Å². The lowest BCUT2D eigenvalue weighted by molar-refractivity contribution is 0.667. The topological polar surface area (TPSA) is 26.0 Å². The zero-order valence-electron chi connectivity index (χ0n) is 9.47. The van der Waals surface area contributed by atoms with Gasteiger partial charge in [0.25, 0.3) is 0 Å². The summed E-state index contributed by atoms with van der Waals surface area (Å²) in [6, 6.07) is 4.59. The van der Waals surface area contributed by atoms with Gasteiger partial charge in [0.05, 0.1) is 0 Å². The van der Waals surface area contributed by atoms with Crippen molar-refractivity contribution in [2.45, 2.75) is 51.0 Å². The summed E-state index contributed by atoms with van der Waals surface area (Å²) in [6.45, 7) is 2.24. The lowest BCUT2D eigenvalue weighted by Gasteiger charge is -2.14. The molecule has 2 N–H and O–H groups in total. The molecule has 0 radical (unpaired) electrons. The summed E-state index contributed by atoms with van der Waals surface area (Å²) in [5.74, 6) is 0. The molecule has 1 heteroatoms. The Hall–Kier alpha value is -0.820. The summed E-state index contributed by atoms with van der Waals surface area (Å²) >= 11 is 0. The van der Waals surface area contributed by atoms with Crippen molar-refractivity contribution in [1.82, 2.24) is 0 Å². The molecule has 0 saturated heterocycles. The van der Waals surface area contributed by atoms with Crippen LogP contribution in [0.1, 0.15) is 41.5 Å². The fourth-order valence-corrected chi connectivity index (χ4v) is 2.84. The first-order valence-corrected chi connectivity index (χ1v) is 6.07. The van der Waals surface area contributed by atoms with Gasteiger partial charge >= 0.3 is 0 Å². The van der Waals surface area contributed by atoms with Crippen LogP contribution in [0.5, 0.6) is 0 Å². The van der Waals surface area contributed by atoms with E-state index < -0.39 is 0 Å². The number of rotatable bonds is 2. The van der Waals surface area contributed by atoms with Crippen LogP contribution in [0.4, 0.5) is 0 Å². The van der Waals surface area contributed by atoms with Gasteiger partial charge in [-0.3, -0.25) is 0 Å². The molecule has 0 atom stereocenters. The van der Waals surface area contributed by atoms with Crippen molar-refractivity contribution in [3.05, 3.63) is 34.4 Å². The molecule has 1 saturated carbocycles. The van der Waals surface area contributed by atoms with Crippen LogP contribution in [-0.4, -0.2) is 5.54 Å². The molecule has 0 bridgehead atoms. The lowest BCUT2D eigenvalue weighted by atomic mass is 9.94. The molecule has 0 heterocycles. The van der Waals surface area contributed by atoms with E-state index in [1.54, 1.807) is 11.1 Å². The second-order valence-electron chi connectivity index (χ2n) is 5.39. The first kappa shape index (κ1) is 9.41. The Bertz CT molecular complexity index is 402. The van der Waals surface area contributed by atoms with Gasteiger partial charge in [-0.15, -0.1) is 0 Å². The van der Waals surface area contributed by atoms with Crippen LogP contribution < -0.4 is 5.73 Å². The second kappa shape index (κ2) is 3.08. The third kappa shape index (κ3) is 1.59. The van der Waals surface area contributed by atoms with E-state index in [-0.39, 0.29) is 5.54 Å². The molecule has 80 valence electrons. The first-order chi connectivity index (χ1) is 7.18. The molecule has 0 amide bonds. The van der Waals surface area contributed by atoms with E-state index >= 15 is 0 Å². The largest absolute Gasteiger partial charge is 0.325 e. The first-order valence-electron chi connectivity index (χ1n) is 6.07. The normalized spacial score (nSPS) is 21.5. The Kier molecular flexibility index (Phi) is 1.93. The third-order valence-electron chi connectivity index (χ3n) is 4.05. The molecule has 2 aliphatic rings. The molecular formula is C14H19N. The summed E-state index contributed by atoms with van der Waals surface area (Å²) < 4.78 is 0. The highest BCUT2D eigenvalue weighted by Crippen LogP contribution is 2.38. The summed E-state index contributed by atoms with van der Waals surface area (Å²) in [7, 11) is 0. The quantitative estimate of drug-likeness (QED) is 0.781. The van der Waals surface area contributed by atoms with E-state index in [0.29, 0.717) is 0 Å². The Labute approximate surface area is 91.7 Å². The molecule has 15 heavy (non-hydrogen) atoms. The minimum atomic E-state index is 0.158. The molecule has 1 nitrogen and oxygen atoms in total. The van der Waals surface area contributed by atoms with E-state index in [4.69, 9.17) is 5.73 Å². The Morgan fingerprint density at radius 3 is 2.67 bits per heavy atom. The van der Waals surface area contributed by atoms with Gasteiger partial charge < -0.3 is 5.73 Å². The lowest BCUT2D eigenvalue weighted by Crippen LogP contribution is -2.25. The van der Waals surface area contributed by atoms with Gasteiger partial charge in [-0.1, -0.05) is 12.1 Å². The van der Waals surface area contributed by atoms with Crippen molar-refractivity contribution < 1.29 is 0 Å². The maximum absolute atomic E-state index is 6.21. The van der Waals surface area contributed by atoms with Gasteiger partial charge in [0.1, 0.15) is 0 Å². The fourth-order valence-electron chi connectivity index (χ4n) is 2.84. The summed E-state index contributed by atoms with van der Waals surface area (Å²) in [6.07, 6.45) is 7.45.